The molecule has 1 heterocycles. The van der Waals surface area contributed by atoms with Crippen LogP contribution in [-0.2, 0) is 9.84 Å². The van der Waals surface area contributed by atoms with Crippen LogP contribution < -0.4 is 0 Å². The predicted molar refractivity (Wildman–Crippen MR) is 67.7 cm³/mol. The van der Waals surface area contributed by atoms with Crippen LogP contribution in [0.4, 0.5) is 0 Å². The molecule has 0 radical (unpaired) electrons. The molecule has 0 aliphatic carbocycles. The summed E-state index contributed by atoms with van der Waals surface area (Å²) >= 11 is 0. The maximum atomic E-state index is 12.0. The van der Waals surface area contributed by atoms with Gasteiger partial charge in [0.2, 0.25) is 0 Å². The minimum atomic E-state index is -3.50. The van der Waals surface area contributed by atoms with Crippen molar-refractivity contribution in [2.75, 3.05) is 5.75 Å². The van der Waals surface area contributed by atoms with E-state index < -0.39 is 15.9 Å². The van der Waals surface area contributed by atoms with Crippen LogP contribution in [0.2, 0.25) is 0 Å². The number of benzene rings is 1. The van der Waals surface area contributed by atoms with Gasteiger partial charge in [0.1, 0.15) is 6.10 Å². The fourth-order valence-corrected chi connectivity index (χ4v) is 2.94. The van der Waals surface area contributed by atoms with E-state index in [0.29, 0.717) is 5.69 Å². The van der Waals surface area contributed by atoms with E-state index in [9.17, 15) is 13.5 Å². The molecule has 2 aromatic rings. The Morgan fingerprint density at radius 3 is 2.33 bits per heavy atom. The van der Waals surface area contributed by atoms with E-state index in [1.54, 1.807) is 36.4 Å². The van der Waals surface area contributed by atoms with Crippen LogP contribution in [0, 0.1) is 0 Å². The first kappa shape index (κ1) is 12.7. The molecule has 1 aromatic heterocycles. The van der Waals surface area contributed by atoms with E-state index in [-0.39, 0.29) is 10.6 Å². The number of rotatable bonds is 4. The average molecular weight is 263 g/mol. The Labute approximate surface area is 106 Å². The van der Waals surface area contributed by atoms with Crippen molar-refractivity contribution in [1.82, 2.24) is 4.98 Å². The lowest BCUT2D eigenvalue weighted by Crippen LogP contribution is -2.15. The molecule has 0 unspecified atom stereocenters. The summed E-state index contributed by atoms with van der Waals surface area (Å²) in [5, 5.41) is 9.88. The standard InChI is InChI=1S/C13H13NO3S/c15-13(12-8-4-5-9-14-12)10-18(16,17)11-6-2-1-3-7-11/h1-9,13,15H,10H2/t13-/m1/s1. The molecule has 0 amide bonds. The van der Waals surface area contributed by atoms with Crippen LogP contribution in [0.3, 0.4) is 0 Å². The largest absolute Gasteiger partial charge is 0.386 e. The zero-order valence-electron chi connectivity index (χ0n) is 9.60. The summed E-state index contributed by atoms with van der Waals surface area (Å²) in [7, 11) is -3.50. The third-order valence-corrected chi connectivity index (χ3v) is 4.25. The van der Waals surface area contributed by atoms with Gasteiger partial charge >= 0.3 is 0 Å². The van der Waals surface area contributed by atoms with E-state index in [1.165, 1.54) is 18.3 Å². The van der Waals surface area contributed by atoms with Crippen molar-refractivity contribution in [3.63, 3.8) is 0 Å². The smallest absolute Gasteiger partial charge is 0.181 e. The van der Waals surface area contributed by atoms with Crippen molar-refractivity contribution < 1.29 is 13.5 Å². The van der Waals surface area contributed by atoms with Gasteiger partial charge in [-0.05, 0) is 24.3 Å². The van der Waals surface area contributed by atoms with Gasteiger partial charge in [-0.2, -0.15) is 0 Å². The van der Waals surface area contributed by atoms with Crippen molar-refractivity contribution in [2.24, 2.45) is 0 Å². The van der Waals surface area contributed by atoms with Crippen molar-refractivity contribution in [1.29, 1.82) is 0 Å². The van der Waals surface area contributed by atoms with Crippen molar-refractivity contribution in [3.8, 4) is 0 Å². The molecular weight excluding hydrogens is 250 g/mol. The summed E-state index contributed by atoms with van der Waals surface area (Å²) in [5.74, 6) is -0.367. The fourth-order valence-electron chi connectivity index (χ4n) is 1.59. The van der Waals surface area contributed by atoms with Gasteiger partial charge in [-0.3, -0.25) is 4.98 Å². The second kappa shape index (κ2) is 5.29. The van der Waals surface area contributed by atoms with E-state index in [4.69, 9.17) is 0 Å². The van der Waals surface area contributed by atoms with Gasteiger partial charge in [0, 0.05) is 6.20 Å². The molecule has 18 heavy (non-hydrogen) atoms. The molecular formula is C13H13NO3S. The lowest BCUT2D eigenvalue weighted by atomic mass is 10.2. The third-order valence-electron chi connectivity index (χ3n) is 2.51. The molecule has 2 rings (SSSR count). The van der Waals surface area contributed by atoms with Gasteiger partial charge in [0.15, 0.2) is 9.84 Å². The van der Waals surface area contributed by atoms with Gasteiger partial charge in [-0.1, -0.05) is 24.3 Å². The van der Waals surface area contributed by atoms with Gasteiger partial charge < -0.3 is 5.11 Å². The molecule has 4 nitrogen and oxygen atoms in total. The van der Waals surface area contributed by atoms with Crippen molar-refractivity contribution in [2.45, 2.75) is 11.0 Å². The zero-order valence-corrected chi connectivity index (χ0v) is 10.4. The first-order valence-electron chi connectivity index (χ1n) is 5.46. The molecule has 0 saturated heterocycles. The number of sulfone groups is 1. The van der Waals surface area contributed by atoms with Gasteiger partial charge in [0.25, 0.3) is 0 Å². The number of pyridine rings is 1. The Hall–Kier alpha value is -1.72. The molecule has 5 heteroatoms. The minimum Gasteiger partial charge on any atom is -0.386 e. The van der Waals surface area contributed by atoms with Crippen LogP contribution in [0.5, 0.6) is 0 Å². The summed E-state index contributed by atoms with van der Waals surface area (Å²) in [5.41, 5.74) is 0.358. The average Bonchev–Trinajstić information content (AvgIpc) is 2.40. The lowest BCUT2D eigenvalue weighted by molar-refractivity contribution is 0.196. The molecule has 0 spiro atoms. The van der Waals surface area contributed by atoms with E-state index in [2.05, 4.69) is 4.98 Å². The molecule has 0 fully saturated rings. The molecule has 0 aliphatic heterocycles. The first-order chi connectivity index (χ1) is 8.59. The zero-order chi connectivity index (χ0) is 13.0. The van der Waals surface area contributed by atoms with Crippen LogP contribution in [0.25, 0.3) is 0 Å². The van der Waals surface area contributed by atoms with Crippen LogP contribution in [0.1, 0.15) is 11.8 Å². The molecule has 1 atom stereocenters. The monoisotopic (exact) mass is 263 g/mol. The van der Waals surface area contributed by atoms with Gasteiger partial charge in [-0.15, -0.1) is 0 Å². The number of hydrogen-bond acceptors (Lipinski definition) is 4. The van der Waals surface area contributed by atoms with Gasteiger partial charge in [0.05, 0.1) is 16.3 Å². The Balaban J connectivity index is 2.20. The summed E-state index contributed by atoms with van der Waals surface area (Å²) in [6.45, 7) is 0. The summed E-state index contributed by atoms with van der Waals surface area (Å²) in [4.78, 5) is 4.15. The number of aromatic nitrogens is 1. The SMILES string of the molecule is O=S(=O)(C[C@@H](O)c1ccccn1)c1ccccc1. The highest BCUT2D eigenvalue weighted by atomic mass is 32.2. The topological polar surface area (TPSA) is 67.3 Å². The number of nitrogens with zero attached hydrogens (tertiary/aromatic N) is 1. The highest BCUT2D eigenvalue weighted by Crippen LogP contribution is 2.17. The first-order valence-corrected chi connectivity index (χ1v) is 7.11. The fraction of sp³-hybridized carbons (Fsp3) is 0.154. The Morgan fingerprint density at radius 2 is 1.72 bits per heavy atom. The summed E-state index contributed by atoms with van der Waals surface area (Å²) < 4.78 is 24.1. The molecule has 94 valence electrons. The van der Waals surface area contributed by atoms with Crippen molar-refractivity contribution >= 4 is 9.84 Å². The summed E-state index contributed by atoms with van der Waals surface area (Å²) in [6.07, 6.45) is 0.407. The Kier molecular flexibility index (Phi) is 3.74. The predicted octanol–water partition coefficient (Wildman–Crippen LogP) is 1.59. The van der Waals surface area contributed by atoms with Crippen molar-refractivity contribution in [3.05, 3.63) is 60.4 Å². The van der Waals surface area contributed by atoms with Crippen LogP contribution in [0.15, 0.2) is 59.6 Å². The highest BCUT2D eigenvalue weighted by molar-refractivity contribution is 7.91. The van der Waals surface area contributed by atoms with E-state index in [1.807, 2.05) is 0 Å². The maximum Gasteiger partial charge on any atom is 0.181 e. The van der Waals surface area contributed by atoms with E-state index >= 15 is 0 Å². The second-order valence-electron chi connectivity index (χ2n) is 3.86. The third kappa shape index (κ3) is 2.94. The molecule has 1 N–H and O–H groups in total. The van der Waals surface area contributed by atoms with E-state index in [0.717, 1.165) is 0 Å². The molecule has 1 aromatic carbocycles. The quantitative estimate of drug-likeness (QED) is 0.909. The molecule has 0 bridgehead atoms. The minimum absolute atomic E-state index is 0.208. The molecule has 0 aliphatic rings. The van der Waals surface area contributed by atoms with Crippen LogP contribution in [-0.4, -0.2) is 24.3 Å². The normalized spacial score (nSPS) is 13.2. The number of aliphatic hydroxyl groups excluding tert-OH is 1. The Bertz CT molecular complexity index is 597. The maximum absolute atomic E-state index is 12.0. The number of hydrogen-bond donors (Lipinski definition) is 1. The Morgan fingerprint density at radius 1 is 1.06 bits per heavy atom. The number of aliphatic hydroxyl groups is 1. The van der Waals surface area contributed by atoms with Crippen LogP contribution >= 0.6 is 0 Å². The van der Waals surface area contributed by atoms with Gasteiger partial charge in [-0.25, -0.2) is 8.42 Å². The molecule has 0 saturated carbocycles. The summed E-state index contributed by atoms with van der Waals surface area (Å²) in [6, 6.07) is 13.1. The lowest BCUT2D eigenvalue weighted by Gasteiger charge is -2.10. The highest BCUT2D eigenvalue weighted by Gasteiger charge is 2.21. The second-order valence-corrected chi connectivity index (χ2v) is 5.90.